The van der Waals surface area contributed by atoms with Gasteiger partial charge in [0.15, 0.2) is 0 Å². The van der Waals surface area contributed by atoms with Gasteiger partial charge >= 0.3 is 0 Å². The van der Waals surface area contributed by atoms with Crippen LogP contribution in [-0.4, -0.2) is 16.9 Å². The number of nitrogens with two attached hydrogens (primary N) is 1. The third kappa shape index (κ3) is 2.03. The molecule has 1 aromatic heterocycles. The van der Waals surface area contributed by atoms with Crippen LogP contribution in [-0.2, 0) is 13.6 Å². The van der Waals surface area contributed by atoms with Crippen LogP contribution < -0.4 is 10.5 Å². The second-order valence-electron chi connectivity index (χ2n) is 3.98. The summed E-state index contributed by atoms with van der Waals surface area (Å²) in [5.41, 5.74) is 9.97. The van der Waals surface area contributed by atoms with Crippen LogP contribution in [0.5, 0.6) is 5.75 Å². The molecule has 1 aromatic carbocycles. The molecule has 0 aliphatic rings. The molecule has 0 aliphatic carbocycles. The molecule has 0 bridgehead atoms. The standard InChI is InChI=1S/C13H17N3O/c1-9-12(8-14)15-16(2)13(9)10-4-6-11(17-3)7-5-10/h4-7H,8,14H2,1-3H3. The lowest BCUT2D eigenvalue weighted by atomic mass is 10.1. The van der Waals surface area contributed by atoms with Crippen LogP contribution in [0.25, 0.3) is 11.3 Å². The lowest BCUT2D eigenvalue weighted by Crippen LogP contribution is -1.99. The number of rotatable bonds is 3. The highest BCUT2D eigenvalue weighted by Gasteiger charge is 2.12. The molecule has 0 amide bonds. The van der Waals surface area contributed by atoms with E-state index in [9.17, 15) is 0 Å². The summed E-state index contributed by atoms with van der Waals surface area (Å²) in [5.74, 6) is 0.854. The topological polar surface area (TPSA) is 53.1 Å². The van der Waals surface area contributed by atoms with E-state index in [1.54, 1.807) is 7.11 Å². The van der Waals surface area contributed by atoms with E-state index < -0.39 is 0 Å². The van der Waals surface area contributed by atoms with Crippen molar-refractivity contribution < 1.29 is 4.74 Å². The summed E-state index contributed by atoms with van der Waals surface area (Å²) in [6, 6.07) is 7.96. The highest BCUT2D eigenvalue weighted by molar-refractivity contribution is 5.65. The summed E-state index contributed by atoms with van der Waals surface area (Å²) in [6.45, 7) is 2.52. The van der Waals surface area contributed by atoms with Crippen molar-refractivity contribution in [3.63, 3.8) is 0 Å². The van der Waals surface area contributed by atoms with Gasteiger partial charge in [0, 0.05) is 19.2 Å². The van der Waals surface area contributed by atoms with E-state index in [4.69, 9.17) is 10.5 Å². The van der Waals surface area contributed by atoms with Crippen LogP contribution in [0.2, 0.25) is 0 Å². The smallest absolute Gasteiger partial charge is 0.118 e. The summed E-state index contributed by atoms with van der Waals surface area (Å²) in [5, 5.41) is 4.41. The first-order chi connectivity index (χ1) is 8.17. The molecule has 90 valence electrons. The molecule has 0 radical (unpaired) electrons. The quantitative estimate of drug-likeness (QED) is 0.877. The number of nitrogens with zero attached hydrogens (tertiary/aromatic N) is 2. The first-order valence-corrected chi connectivity index (χ1v) is 5.54. The summed E-state index contributed by atoms with van der Waals surface area (Å²) in [4.78, 5) is 0. The van der Waals surface area contributed by atoms with Gasteiger partial charge in [0.2, 0.25) is 0 Å². The fraction of sp³-hybridized carbons (Fsp3) is 0.308. The maximum absolute atomic E-state index is 5.66. The fourth-order valence-electron chi connectivity index (χ4n) is 2.03. The summed E-state index contributed by atoms with van der Waals surface area (Å²) < 4.78 is 7.02. The molecule has 0 aliphatic heterocycles. The summed E-state index contributed by atoms with van der Waals surface area (Å²) in [6.07, 6.45) is 0. The van der Waals surface area contributed by atoms with Gasteiger partial charge in [-0.25, -0.2) is 0 Å². The second-order valence-corrected chi connectivity index (χ2v) is 3.98. The molecule has 2 aromatic rings. The average Bonchev–Trinajstić information content (AvgIpc) is 2.64. The van der Waals surface area contributed by atoms with Gasteiger partial charge in [-0.1, -0.05) is 0 Å². The molecular weight excluding hydrogens is 214 g/mol. The van der Waals surface area contributed by atoms with Crippen molar-refractivity contribution in [2.75, 3.05) is 7.11 Å². The Balaban J connectivity index is 2.48. The van der Waals surface area contributed by atoms with Gasteiger partial charge in [-0.05, 0) is 36.8 Å². The van der Waals surface area contributed by atoms with Crippen molar-refractivity contribution in [2.24, 2.45) is 12.8 Å². The van der Waals surface area contributed by atoms with Gasteiger partial charge in [0.25, 0.3) is 0 Å². The van der Waals surface area contributed by atoms with E-state index in [0.29, 0.717) is 6.54 Å². The van der Waals surface area contributed by atoms with Crippen molar-refractivity contribution in [2.45, 2.75) is 13.5 Å². The molecule has 0 fully saturated rings. The molecule has 2 rings (SSSR count). The number of hydrogen-bond acceptors (Lipinski definition) is 3. The van der Waals surface area contributed by atoms with Crippen LogP contribution in [0.1, 0.15) is 11.3 Å². The van der Waals surface area contributed by atoms with Gasteiger partial charge < -0.3 is 10.5 Å². The van der Waals surface area contributed by atoms with Crippen LogP contribution >= 0.6 is 0 Å². The van der Waals surface area contributed by atoms with Gasteiger partial charge in [0.05, 0.1) is 18.5 Å². The van der Waals surface area contributed by atoms with E-state index >= 15 is 0 Å². The Morgan fingerprint density at radius 3 is 2.41 bits per heavy atom. The van der Waals surface area contributed by atoms with E-state index in [0.717, 1.165) is 28.3 Å². The van der Waals surface area contributed by atoms with Crippen LogP contribution in [0, 0.1) is 6.92 Å². The average molecular weight is 231 g/mol. The third-order valence-corrected chi connectivity index (χ3v) is 2.94. The number of benzene rings is 1. The van der Waals surface area contributed by atoms with Crippen molar-refractivity contribution in [1.29, 1.82) is 0 Å². The van der Waals surface area contributed by atoms with Gasteiger partial charge in [0.1, 0.15) is 5.75 Å². The minimum absolute atomic E-state index is 0.468. The van der Waals surface area contributed by atoms with Gasteiger partial charge in [-0.15, -0.1) is 0 Å². The van der Waals surface area contributed by atoms with Crippen molar-refractivity contribution in [3.8, 4) is 17.0 Å². The minimum Gasteiger partial charge on any atom is -0.497 e. The maximum Gasteiger partial charge on any atom is 0.118 e. The van der Waals surface area contributed by atoms with E-state index in [1.807, 2.05) is 36.0 Å². The molecule has 4 nitrogen and oxygen atoms in total. The number of hydrogen-bond donors (Lipinski definition) is 1. The van der Waals surface area contributed by atoms with Crippen LogP contribution in [0.15, 0.2) is 24.3 Å². The molecule has 0 saturated carbocycles. The summed E-state index contributed by atoms with van der Waals surface area (Å²) in [7, 11) is 3.60. The Hall–Kier alpha value is -1.81. The number of aromatic nitrogens is 2. The normalized spacial score (nSPS) is 10.6. The first kappa shape index (κ1) is 11.7. The van der Waals surface area contributed by atoms with Crippen LogP contribution in [0.4, 0.5) is 0 Å². The maximum atomic E-state index is 5.66. The van der Waals surface area contributed by atoms with E-state index in [1.165, 1.54) is 0 Å². The zero-order chi connectivity index (χ0) is 12.4. The van der Waals surface area contributed by atoms with Crippen LogP contribution in [0.3, 0.4) is 0 Å². The van der Waals surface area contributed by atoms with E-state index in [2.05, 4.69) is 12.0 Å². The molecule has 0 spiro atoms. The third-order valence-electron chi connectivity index (χ3n) is 2.94. The molecule has 0 saturated heterocycles. The van der Waals surface area contributed by atoms with Gasteiger partial charge in [-0.2, -0.15) is 5.10 Å². The van der Waals surface area contributed by atoms with E-state index in [-0.39, 0.29) is 0 Å². The Bertz CT molecular complexity index is 514. The van der Waals surface area contributed by atoms with Gasteiger partial charge in [-0.3, -0.25) is 4.68 Å². The lowest BCUT2D eigenvalue weighted by Gasteiger charge is -2.05. The van der Waals surface area contributed by atoms with Crippen molar-refractivity contribution >= 4 is 0 Å². The predicted octanol–water partition coefficient (Wildman–Crippen LogP) is 1.86. The monoisotopic (exact) mass is 231 g/mol. The molecule has 17 heavy (non-hydrogen) atoms. The SMILES string of the molecule is COc1ccc(-c2c(C)c(CN)nn2C)cc1. The number of aryl methyl sites for hydroxylation is 1. The molecular formula is C13H17N3O. The first-order valence-electron chi connectivity index (χ1n) is 5.54. The fourth-order valence-corrected chi connectivity index (χ4v) is 2.03. The molecule has 4 heteroatoms. The zero-order valence-electron chi connectivity index (χ0n) is 10.4. The number of ether oxygens (including phenoxy) is 1. The minimum atomic E-state index is 0.468. The Labute approximate surface area is 101 Å². The zero-order valence-corrected chi connectivity index (χ0v) is 10.4. The Morgan fingerprint density at radius 1 is 1.29 bits per heavy atom. The molecule has 1 heterocycles. The number of methoxy groups -OCH3 is 1. The second kappa shape index (κ2) is 4.59. The Morgan fingerprint density at radius 2 is 1.94 bits per heavy atom. The molecule has 2 N–H and O–H groups in total. The molecule has 0 unspecified atom stereocenters. The Kier molecular flexibility index (Phi) is 3.15. The summed E-state index contributed by atoms with van der Waals surface area (Å²) >= 11 is 0. The van der Waals surface area contributed by atoms with Crippen molar-refractivity contribution in [1.82, 2.24) is 9.78 Å². The highest BCUT2D eigenvalue weighted by atomic mass is 16.5. The largest absolute Gasteiger partial charge is 0.497 e. The van der Waals surface area contributed by atoms with Crippen molar-refractivity contribution in [3.05, 3.63) is 35.5 Å². The highest BCUT2D eigenvalue weighted by Crippen LogP contribution is 2.26. The lowest BCUT2D eigenvalue weighted by molar-refractivity contribution is 0.415. The molecule has 0 atom stereocenters. The predicted molar refractivity (Wildman–Crippen MR) is 67.8 cm³/mol.